The molecule has 1 aliphatic carbocycles. The van der Waals surface area contributed by atoms with Crippen molar-refractivity contribution < 1.29 is 9.47 Å². The van der Waals surface area contributed by atoms with E-state index in [1.165, 1.54) is 19.3 Å². The summed E-state index contributed by atoms with van der Waals surface area (Å²) in [5.74, 6) is 1.64. The first-order valence-corrected chi connectivity index (χ1v) is 8.63. The van der Waals surface area contributed by atoms with Crippen molar-refractivity contribution in [3.8, 4) is 0 Å². The number of methoxy groups -OCH3 is 2. The summed E-state index contributed by atoms with van der Waals surface area (Å²) in [5.41, 5.74) is 0. The quantitative estimate of drug-likeness (QED) is 0.814. The van der Waals surface area contributed by atoms with Crippen LogP contribution in [0, 0.1) is 11.8 Å². The van der Waals surface area contributed by atoms with Gasteiger partial charge in [-0.1, -0.05) is 20.8 Å². The fourth-order valence-corrected chi connectivity index (χ4v) is 4.18. The maximum absolute atomic E-state index is 5.62. The highest BCUT2D eigenvalue weighted by atomic mass is 16.5. The van der Waals surface area contributed by atoms with Crippen LogP contribution in [0.25, 0.3) is 0 Å². The summed E-state index contributed by atoms with van der Waals surface area (Å²) in [6.45, 7) is 10.0. The van der Waals surface area contributed by atoms with Crippen molar-refractivity contribution in [2.45, 2.75) is 64.3 Å². The number of ether oxygens (including phenoxy) is 2. The van der Waals surface area contributed by atoms with Crippen molar-refractivity contribution in [1.29, 1.82) is 0 Å². The van der Waals surface area contributed by atoms with Crippen molar-refractivity contribution in [3.05, 3.63) is 0 Å². The molecule has 0 aromatic carbocycles. The van der Waals surface area contributed by atoms with Crippen LogP contribution >= 0.6 is 0 Å². The van der Waals surface area contributed by atoms with Crippen LogP contribution in [0.15, 0.2) is 0 Å². The Morgan fingerprint density at radius 2 is 1.71 bits per heavy atom. The maximum Gasteiger partial charge on any atom is 0.0971 e. The second-order valence-corrected chi connectivity index (χ2v) is 7.05. The lowest BCUT2D eigenvalue weighted by atomic mass is 9.76. The van der Waals surface area contributed by atoms with Crippen LogP contribution in [0.2, 0.25) is 0 Å². The molecule has 2 fully saturated rings. The molecule has 21 heavy (non-hydrogen) atoms. The van der Waals surface area contributed by atoms with E-state index in [1.54, 1.807) is 14.2 Å². The second-order valence-electron chi connectivity index (χ2n) is 7.05. The van der Waals surface area contributed by atoms with E-state index in [-0.39, 0.29) is 12.2 Å². The van der Waals surface area contributed by atoms with Gasteiger partial charge in [0.15, 0.2) is 0 Å². The first-order chi connectivity index (χ1) is 10.1. The third-order valence-corrected chi connectivity index (χ3v) is 5.58. The van der Waals surface area contributed by atoms with Crippen molar-refractivity contribution >= 4 is 0 Å². The van der Waals surface area contributed by atoms with Gasteiger partial charge in [0.05, 0.1) is 12.2 Å². The van der Waals surface area contributed by atoms with E-state index in [4.69, 9.17) is 9.47 Å². The number of rotatable bonds is 6. The summed E-state index contributed by atoms with van der Waals surface area (Å²) in [5, 5.41) is 3.71. The molecule has 1 saturated heterocycles. The minimum atomic E-state index is 0.219. The van der Waals surface area contributed by atoms with Crippen LogP contribution < -0.4 is 5.32 Å². The van der Waals surface area contributed by atoms with Gasteiger partial charge in [-0.15, -0.1) is 0 Å². The van der Waals surface area contributed by atoms with Gasteiger partial charge in [0.25, 0.3) is 0 Å². The van der Waals surface area contributed by atoms with Crippen molar-refractivity contribution in [3.63, 3.8) is 0 Å². The van der Waals surface area contributed by atoms with Gasteiger partial charge in [-0.25, -0.2) is 0 Å². The first-order valence-electron chi connectivity index (χ1n) is 8.63. The molecule has 2 rings (SSSR count). The highest BCUT2D eigenvalue weighted by Gasteiger charge is 2.41. The third-order valence-electron chi connectivity index (χ3n) is 5.58. The smallest absolute Gasteiger partial charge is 0.0971 e. The molecular formula is C17H34N2O2. The van der Waals surface area contributed by atoms with Crippen molar-refractivity contribution in [2.24, 2.45) is 11.8 Å². The van der Waals surface area contributed by atoms with Crippen LogP contribution in [0.3, 0.4) is 0 Å². The van der Waals surface area contributed by atoms with E-state index < -0.39 is 0 Å². The molecule has 0 aromatic heterocycles. The molecule has 5 atom stereocenters. The first kappa shape index (κ1) is 17.2. The minimum Gasteiger partial charge on any atom is -0.377 e. The average molecular weight is 298 g/mol. The standard InChI is InChI=1S/C17H34N2O2/c1-6-18-14-8-7-13(12(2)3)9-15(14)19-10-16(20-4)17(11-19)21-5/h12-18H,6-11H2,1-5H3. The lowest BCUT2D eigenvalue weighted by Crippen LogP contribution is -2.53. The molecule has 0 amide bonds. The molecule has 1 saturated carbocycles. The summed E-state index contributed by atoms with van der Waals surface area (Å²) < 4.78 is 11.2. The van der Waals surface area contributed by atoms with Gasteiger partial charge in [0, 0.05) is 39.4 Å². The van der Waals surface area contributed by atoms with Gasteiger partial charge in [-0.3, -0.25) is 4.90 Å². The van der Waals surface area contributed by atoms with Crippen LogP contribution in [0.5, 0.6) is 0 Å². The minimum absolute atomic E-state index is 0.219. The van der Waals surface area contributed by atoms with Gasteiger partial charge in [-0.05, 0) is 37.6 Å². The SMILES string of the molecule is CCNC1CCC(C(C)C)CC1N1CC(OC)C(OC)C1. The molecule has 124 valence electrons. The normalized spacial score (nSPS) is 38.3. The van der Waals surface area contributed by atoms with E-state index in [0.717, 1.165) is 31.5 Å². The van der Waals surface area contributed by atoms with E-state index in [0.29, 0.717) is 12.1 Å². The van der Waals surface area contributed by atoms with Gasteiger partial charge in [0.2, 0.25) is 0 Å². The second kappa shape index (κ2) is 7.91. The molecule has 4 heteroatoms. The molecule has 5 unspecified atom stereocenters. The summed E-state index contributed by atoms with van der Waals surface area (Å²) >= 11 is 0. The zero-order chi connectivity index (χ0) is 15.4. The largest absolute Gasteiger partial charge is 0.377 e. The number of likely N-dealkylation sites (tertiary alicyclic amines) is 1. The predicted octanol–water partition coefficient (Wildman–Crippen LogP) is 2.13. The Bertz CT molecular complexity index is 299. The monoisotopic (exact) mass is 298 g/mol. The van der Waals surface area contributed by atoms with Crippen molar-refractivity contribution in [1.82, 2.24) is 10.2 Å². The molecular weight excluding hydrogens is 264 g/mol. The Hall–Kier alpha value is -0.160. The molecule has 0 radical (unpaired) electrons. The molecule has 0 aromatic rings. The molecule has 0 bridgehead atoms. The molecule has 1 heterocycles. The fraction of sp³-hybridized carbons (Fsp3) is 1.00. The van der Waals surface area contributed by atoms with E-state index in [2.05, 4.69) is 31.0 Å². The van der Waals surface area contributed by atoms with Crippen LogP contribution in [0.4, 0.5) is 0 Å². The highest BCUT2D eigenvalue weighted by Crippen LogP contribution is 2.34. The predicted molar refractivity (Wildman–Crippen MR) is 86.6 cm³/mol. The third kappa shape index (κ3) is 3.98. The van der Waals surface area contributed by atoms with E-state index in [9.17, 15) is 0 Å². The molecule has 1 N–H and O–H groups in total. The van der Waals surface area contributed by atoms with Crippen LogP contribution in [0.1, 0.15) is 40.0 Å². The number of nitrogens with one attached hydrogen (secondary N) is 1. The van der Waals surface area contributed by atoms with Crippen molar-refractivity contribution in [2.75, 3.05) is 33.9 Å². The highest BCUT2D eigenvalue weighted by molar-refractivity contribution is 4.97. The Balaban J connectivity index is 2.05. The fourth-order valence-electron chi connectivity index (χ4n) is 4.18. The lowest BCUT2D eigenvalue weighted by molar-refractivity contribution is -0.00461. The van der Waals surface area contributed by atoms with Gasteiger partial charge >= 0.3 is 0 Å². The Kier molecular flexibility index (Phi) is 6.48. The van der Waals surface area contributed by atoms with Gasteiger partial charge in [0.1, 0.15) is 0 Å². The lowest BCUT2D eigenvalue weighted by Gasteiger charge is -2.42. The summed E-state index contributed by atoms with van der Waals surface area (Å²) in [6.07, 6.45) is 4.41. The average Bonchev–Trinajstić information content (AvgIpc) is 2.90. The number of hydrogen-bond donors (Lipinski definition) is 1. The molecule has 2 aliphatic rings. The van der Waals surface area contributed by atoms with E-state index >= 15 is 0 Å². The van der Waals surface area contributed by atoms with Crippen LogP contribution in [-0.4, -0.2) is 63.0 Å². The Morgan fingerprint density at radius 1 is 1.10 bits per heavy atom. The Morgan fingerprint density at radius 3 is 2.19 bits per heavy atom. The zero-order valence-electron chi connectivity index (χ0n) is 14.5. The number of likely N-dealkylation sites (N-methyl/N-ethyl adjacent to an activating group) is 1. The zero-order valence-corrected chi connectivity index (χ0v) is 14.5. The van der Waals surface area contributed by atoms with E-state index in [1.807, 2.05) is 0 Å². The Labute approximate surface area is 130 Å². The number of nitrogens with zero attached hydrogens (tertiary/aromatic N) is 1. The topological polar surface area (TPSA) is 33.7 Å². The maximum atomic E-state index is 5.62. The summed E-state index contributed by atoms with van der Waals surface area (Å²) in [4.78, 5) is 2.62. The number of hydrogen-bond acceptors (Lipinski definition) is 4. The molecule has 4 nitrogen and oxygen atoms in total. The van der Waals surface area contributed by atoms with Gasteiger partial charge < -0.3 is 14.8 Å². The molecule has 0 spiro atoms. The summed E-state index contributed by atoms with van der Waals surface area (Å²) in [7, 11) is 3.61. The van der Waals surface area contributed by atoms with Crippen LogP contribution in [-0.2, 0) is 9.47 Å². The molecule has 1 aliphatic heterocycles. The van der Waals surface area contributed by atoms with Gasteiger partial charge in [-0.2, -0.15) is 0 Å². The summed E-state index contributed by atoms with van der Waals surface area (Å²) in [6, 6.07) is 1.25.